The molecular formula is C117H92B6N14O. The summed E-state index contributed by atoms with van der Waals surface area (Å²) in [5.41, 5.74) is 27.0. The van der Waals surface area contributed by atoms with Crippen molar-refractivity contribution in [1.82, 2.24) is 37.3 Å². The zero-order valence-corrected chi connectivity index (χ0v) is 76.1. The quantitative estimate of drug-likeness (QED) is 0.0924. The van der Waals surface area contributed by atoms with Crippen LogP contribution in [0, 0.1) is 13.7 Å². The minimum absolute atomic E-state index is 0.0722. The van der Waals surface area contributed by atoms with Crippen LogP contribution < -0.4 is 61.1 Å². The minimum atomic E-state index is -2.60. The van der Waals surface area contributed by atoms with Crippen molar-refractivity contribution in [3.8, 4) is 22.5 Å². The average molecular weight is 1780 g/mol. The van der Waals surface area contributed by atoms with E-state index in [1.54, 1.807) is 18.2 Å². The molecule has 2 saturated heterocycles. The largest absolute Gasteiger partial charge is 0.422 e. The molecule has 15 nitrogen and oxygen atoms in total. The van der Waals surface area contributed by atoms with Crippen molar-refractivity contribution in [1.29, 1.82) is 0 Å². The summed E-state index contributed by atoms with van der Waals surface area (Å²) in [6.45, 7) is 0.0739. The summed E-state index contributed by atoms with van der Waals surface area (Å²) in [5.74, 6) is 1.58. The highest BCUT2D eigenvalue weighted by Crippen LogP contribution is 2.46. The van der Waals surface area contributed by atoms with Gasteiger partial charge >= 0.3 is 47.7 Å². The number of nitrogens with zero attached hydrogens (tertiary/aromatic N) is 14. The molecule has 0 saturated carbocycles. The fourth-order valence-corrected chi connectivity index (χ4v) is 21.7. The monoisotopic (exact) mass is 1780 g/mol. The lowest BCUT2D eigenvalue weighted by molar-refractivity contribution is 0.589. The summed E-state index contributed by atoms with van der Waals surface area (Å²) in [5, 5.41) is 0. The van der Waals surface area contributed by atoms with Crippen LogP contribution >= 0.6 is 0 Å². The van der Waals surface area contributed by atoms with Crippen LogP contribution in [0.1, 0.15) is 45.7 Å². The van der Waals surface area contributed by atoms with Crippen LogP contribution in [0.5, 0.6) is 0 Å². The molecule has 6 aromatic heterocycles. The second kappa shape index (κ2) is 34.1. The molecule has 18 aromatic carbocycles. The number of hydrogen-bond donors (Lipinski definition) is 0. The van der Waals surface area contributed by atoms with Gasteiger partial charge in [-0.25, -0.2) is 9.97 Å². The third-order valence-corrected chi connectivity index (χ3v) is 27.5. The maximum absolute atomic E-state index is 9.11. The number of hydrogen-bond acceptors (Lipinski definition) is 10. The van der Waals surface area contributed by atoms with Crippen LogP contribution in [-0.4, -0.2) is 79.2 Å². The van der Waals surface area contributed by atoms with Gasteiger partial charge < -0.3 is 32.7 Å². The molecule has 21 heteroatoms. The van der Waals surface area contributed by atoms with Gasteiger partial charge in [0.25, 0.3) is 0 Å². The lowest BCUT2D eigenvalue weighted by Crippen LogP contribution is -2.86. The number of rotatable bonds is 15. The van der Waals surface area contributed by atoms with Gasteiger partial charge in [-0.2, -0.15) is 4.98 Å². The fraction of sp³-hybridized carbons (Fsp3) is 0.0513. The number of oxazole rings is 1. The first-order valence-corrected chi connectivity index (χ1v) is 47.1. The highest BCUT2D eigenvalue weighted by molar-refractivity contribution is 7.16. The van der Waals surface area contributed by atoms with Crippen molar-refractivity contribution >= 4 is 192 Å². The SMILES string of the molecule is CC(C)(C)c1ccc2c(oc3nc4ccccc4n32)c1-c1cccc(N2B(c3ccccc3)N(c3ccccc3)B(c3ccccc3)N(c3ccccc3)B2c2ccccc2)c1.[2H]C([2H])([2H])c1cccc2c1nc1n(-c3cc(C([2H])([2H])[2H])c4nc5n(-c6cccc(N7B(c8ccccc8)N(c8ccccc8)B(c8ccccc8)N(c8ccccc8)B7c7ccccc7)c6)c6ccccc6n5c4c3)c3ccccc3n21. The van der Waals surface area contributed by atoms with E-state index >= 15 is 0 Å². The first-order chi connectivity index (χ1) is 70.4. The Morgan fingerprint density at radius 2 is 0.580 bits per heavy atom. The van der Waals surface area contributed by atoms with Crippen LogP contribution in [0.25, 0.3) is 106 Å². The predicted octanol–water partition coefficient (Wildman–Crippen LogP) is 22.0. The van der Waals surface area contributed by atoms with Crippen molar-refractivity contribution in [3.05, 3.63) is 484 Å². The van der Waals surface area contributed by atoms with Gasteiger partial charge in [-0.3, -0.25) is 22.3 Å². The molecule has 24 aromatic rings. The van der Waals surface area contributed by atoms with Crippen molar-refractivity contribution in [3.63, 3.8) is 0 Å². The van der Waals surface area contributed by atoms with Gasteiger partial charge in [-0.1, -0.05) is 348 Å². The molecule has 0 unspecified atom stereocenters. The maximum atomic E-state index is 9.11. The summed E-state index contributed by atoms with van der Waals surface area (Å²) in [7, 11) is 0. The van der Waals surface area contributed by atoms with E-state index in [1.165, 1.54) is 22.0 Å². The Hall–Kier alpha value is -17.0. The molecule has 0 spiro atoms. The summed E-state index contributed by atoms with van der Waals surface area (Å²) in [6, 6.07) is 164. The number of imidazole rings is 5. The molecule has 0 radical (unpaired) electrons. The molecule has 0 aliphatic carbocycles. The molecule has 26 rings (SSSR count). The van der Waals surface area contributed by atoms with Crippen LogP contribution in [0.2, 0.25) is 0 Å². The molecule has 2 fully saturated rings. The third kappa shape index (κ3) is 13.9. The maximum Gasteiger partial charge on any atom is 0.388 e. The Bertz CT molecular complexity index is 8720. The number of fused-ring (bicyclic) bond motifs is 15. The van der Waals surface area contributed by atoms with Crippen LogP contribution in [-0.2, 0) is 5.41 Å². The molecule has 0 N–H and O–H groups in total. The Balaban J connectivity index is 0.000000157. The molecule has 2 aliphatic rings. The molecule has 2 aliphatic heterocycles. The zero-order chi connectivity index (χ0) is 97.2. The van der Waals surface area contributed by atoms with E-state index in [0.29, 0.717) is 45.2 Å². The molecule has 8 heterocycles. The van der Waals surface area contributed by atoms with Crippen LogP contribution in [0.15, 0.2) is 472 Å². The summed E-state index contributed by atoms with van der Waals surface area (Å²) < 4.78 is 85.1. The van der Waals surface area contributed by atoms with E-state index in [2.05, 4.69) is 445 Å². The number of benzene rings is 18. The van der Waals surface area contributed by atoms with Gasteiger partial charge in [0.05, 0.1) is 72.1 Å². The van der Waals surface area contributed by atoms with Crippen molar-refractivity contribution in [2.45, 2.75) is 39.9 Å². The molecule has 0 atom stereocenters. The Morgan fingerprint density at radius 3 is 1.01 bits per heavy atom. The van der Waals surface area contributed by atoms with Gasteiger partial charge in [0.2, 0.25) is 11.6 Å². The number of aryl methyl sites for hydroxylation is 2. The molecular weight excluding hydrogens is 1680 g/mol. The van der Waals surface area contributed by atoms with Gasteiger partial charge in [-0.15, -0.1) is 0 Å². The van der Waals surface area contributed by atoms with E-state index in [9.17, 15) is 0 Å². The highest BCUT2D eigenvalue weighted by Gasteiger charge is 2.58. The van der Waals surface area contributed by atoms with Crippen LogP contribution in [0.3, 0.4) is 0 Å². The minimum Gasteiger partial charge on any atom is -0.422 e. The van der Waals surface area contributed by atoms with E-state index in [1.807, 2.05) is 75.7 Å². The second-order valence-corrected chi connectivity index (χ2v) is 36.6. The van der Waals surface area contributed by atoms with E-state index in [-0.39, 0.29) is 58.4 Å². The lowest BCUT2D eigenvalue weighted by atomic mass is 9.37. The number of aromatic nitrogens is 8. The third-order valence-electron chi connectivity index (χ3n) is 27.5. The van der Waals surface area contributed by atoms with Gasteiger partial charge in [0.15, 0.2) is 5.58 Å². The van der Waals surface area contributed by atoms with E-state index < -0.39 is 13.7 Å². The van der Waals surface area contributed by atoms with E-state index in [4.69, 9.17) is 27.6 Å². The van der Waals surface area contributed by atoms with Gasteiger partial charge in [0, 0.05) is 47.9 Å². The first-order valence-electron chi connectivity index (χ1n) is 50.1. The van der Waals surface area contributed by atoms with E-state index in [0.717, 1.165) is 112 Å². The highest BCUT2D eigenvalue weighted by atomic mass is 16.4. The van der Waals surface area contributed by atoms with Crippen molar-refractivity contribution in [2.24, 2.45) is 0 Å². The Kier molecular flexibility index (Phi) is 18.9. The summed E-state index contributed by atoms with van der Waals surface area (Å²) >= 11 is 0. The Morgan fingerprint density at radius 1 is 0.246 bits per heavy atom. The smallest absolute Gasteiger partial charge is 0.388 e. The van der Waals surface area contributed by atoms with Crippen molar-refractivity contribution in [2.75, 3.05) is 28.3 Å². The number of para-hydroxylation sites is 11. The predicted molar refractivity (Wildman–Crippen MR) is 580 cm³/mol. The van der Waals surface area contributed by atoms with Gasteiger partial charge in [0.1, 0.15) is 0 Å². The first kappa shape index (κ1) is 76.4. The average Bonchev–Trinajstić information content (AvgIpc) is 1.37. The molecule has 0 bridgehead atoms. The Labute approximate surface area is 811 Å². The standard InChI is InChI=1S/C64H48B3N9.C53H44B3N5O/c1-45-24-22-41-59-61(45)68-64-71(56-38-19-20-39-57(56)72(59)64)54-42-46(2)62-60(44-54)73-58-40-21-18-37-55(58)70(63(73)69-62)52-35-23-36-53(43-52)76-66(48-27-10-4-11-28-48)74(50-31-14-6-15-32-50)65(47-25-8-3-9-26-47)75(51-33-16-7-17-34-51)67(76)49-29-12-5-13-30-49;1-53(2,3)46-36-37-49-51(62-52-57-47-34-19-20-35-48(47)58(49)52)50(46)39-22-21-33-45(38-39)61-55(41-25-11-5-12-26-41)59(43-29-15-7-16-30-43)54(40-23-9-4-10-24-40)60(44-31-17-8-18-32-44)56(61)42-27-13-6-14-28-42/h3-44H,1-2H3;4-38H,1-3H3/i1D3,2D3;. The van der Waals surface area contributed by atoms with Crippen LogP contribution in [0.4, 0.5) is 34.1 Å². The zero-order valence-electron chi connectivity index (χ0n) is 82.1. The molecule has 138 heavy (non-hydrogen) atoms. The second-order valence-electron chi connectivity index (χ2n) is 36.6. The number of anilines is 6. The lowest BCUT2D eigenvalue weighted by Gasteiger charge is -2.57. The normalized spacial score (nSPS) is 14.2. The van der Waals surface area contributed by atoms with Crippen molar-refractivity contribution < 1.29 is 12.6 Å². The summed E-state index contributed by atoms with van der Waals surface area (Å²) in [6.07, 6.45) is 0. The topological polar surface area (TPSA) is 94.3 Å². The molecule has 0 amide bonds. The fourth-order valence-electron chi connectivity index (χ4n) is 21.7. The summed E-state index contributed by atoms with van der Waals surface area (Å²) in [4.78, 5) is 15.4. The molecule has 654 valence electrons. The van der Waals surface area contributed by atoms with Gasteiger partial charge in [-0.05, 0) is 214 Å².